The SMILES string of the molecule is N#CC1(c2[nH]ncc2[N+](=O)[O-])CC(=O)C1. The topological polar surface area (TPSA) is 113 Å². The van der Waals surface area contributed by atoms with Crippen molar-refractivity contribution in [3.8, 4) is 6.07 Å². The normalized spacial score (nSPS) is 17.9. The van der Waals surface area contributed by atoms with Gasteiger partial charge in [-0.05, 0) is 0 Å². The van der Waals surface area contributed by atoms with Crippen molar-refractivity contribution in [3.63, 3.8) is 0 Å². The van der Waals surface area contributed by atoms with Crippen molar-refractivity contribution < 1.29 is 9.72 Å². The zero-order valence-electron chi connectivity index (χ0n) is 7.56. The Kier molecular flexibility index (Phi) is 1.79. The number of carbonyl (C=O) groups is 1. The minimum Gasteiger partial charge on any atom is -0.300 e. The predicted molar refractivity (Wildman–Crippen MR) is 46.8 cm³/mol. The van der Waals surface area contributed by atoms with Gasteiger partial charge in [0.2, 0.25) is 0 Å². The lowest BCUT2D eigenvalue weighted by Gasteiger charge is -2.31. The molecule has 0 spiro atoms. The van der Waals surface area contributed by atoms with E-state index in [4.69, 9.17) is 5.26 Å². The highest BCUT2D eigenvalue weighted by Crippen LogP contribution is 2.43. The van der Waals surface area contributed by atoms with Crippen LogP contribution in [0.15, 0.2) is 6.20 Å². The van der Waals surface area contributed by atoms with Gasteiger partial charge in [-0.15, -0.1) is 0 Å². The number of aromatic amines is 1. The highest BCUT2D eigenvalue weighted by atomic mass is 16.6. The zero-order chi connectivity index (χ0) is 11.1. The number of nitro groups is 1. The molecule has 0 aromatic carbocycles. The number of H-pyrrole nitrogens is 1. The number of carbonyl (C=O) groups excluding carboxylic acids is 1. The number of nitriles is 1. The summed E-state index contributed by atoms with van der Waals surface area (Å²) in [6.45, 7) is 0. The lowest BCUT2D eigenvalue weighted by Crippen LogP contribution is -2.41. The second-order valence-corrected chi connectivity index (χ2v) is 3.47. The van der Waals surface area contributed by atoms with Crippen LogP contribution in [0.1, 0.15) is 18.5 Å². The molecule has 1 aliphatic rings. The number of rotatable bonds is 2. The fourth-order valence-electron chi connectivity index (χ4n) is 1.70. The van der Waals surface area contributed by atoms with Gasteiger partial charge in [0.1, 0.15) is 23.1 Å². The molecule has 1 aromatic heterocycles. The van der Waals surface area contributed by atoms with Crippen LogP contribution in [0.2, 0.25) is 0 Å². The quantitative estimate of drug-likeness (QED) is 0.557. The van der Waals surface area contributed by atoms with Crippen molar-refractivity contribution in [2.45, 2.75) is 18.3 Å². The molecule has 1 N–H and O–H groups in total. The molecule has 0 atom stereocenters. The summed E-state index contributed by atoms with van der Waals surface area (Å²) in [5, 5.41) is 25.5. The summed E-state index contributed by atoms with van der Waals surface area (Å²) in [7, 11) is 0. The third-order valence-electron chi connectivity index (χ3n) is 2.51. The standard InChI is InChI=1S/C8H6N4O3/c9-4-8(1-5(13)2-8)7-6(12(14)15)3-10-11-7/h3H,1-2H2,(H,10,11). The highest BCUT2D eigenvalue weighted by molar-refractivity contribution is 5.90. The Balaban J connectivity index is 2.45. The molecule has 1 fully saturated rings. The van der Waals surface area contributed by atoms with E-state index in [1.807, 2.05) is 6.07 Å². The molecular formula is C8H6N4O3. The number of hydrogen-bond donors (Lipinski definition) is 1. The van der Waals surface area contributed by atoms with Crippen LogP contribution in [0.5, 0.6) is 0 Å². The minimum atomic E-state index is -1.07. The number of nitrogens with zero attached hydrogens (tertiary/aromatic N) is 3. The number of ketones is 1. The molecule has 1 aliphatic carbocycles. The minimum absolute atomic E-state index is 0.0204. The van der Waals surface area contributed by atoms with E-state index in [2.05, 4.69) is 10.2 Å². The third-order valence-corrected chi connectivity index (χ3v) is 2.51. The Morgan fingerprint density at radius 3 is 2.80 bits per heavy atom. The average molecular weight is 206 g/mol. The first-order valence-corrected chi connectivity index (χ1v) is 4.20. The van der Waals surface area contributed by atoms with Crippen molar-refractivity contribution in [2.24, 2.45) is 0 Å². The van der Waals surface area contributed by atoms with Crippen molar-refractivity contribution in [1.82, 2.24) is 10.2 Å². The van der Waals surface area contributed by atoms with Crippen LogP contribution in [0, 0.1) is 21.4 Å². The van der Waals surface area contributed by atoms with Crippen LogP contribution in [0.3, 0.4) is 0 Å². The monoisotopic (exact) mass is 206 g/mol. The van der Waals surface area contributed by atoms with Gasteiger partial charge in [-0.2, -0.15) is 10.4 Å². The molecule has 1 aromatic rings. The van der Waals surface area contributed by atoms with Crippen molar-refractivity contribution in [3.05, 3.63) is 22.0 Å². The number of hydrogen-bond acceptors (Lipinski definition) is 5. The van der Waals surface area contributed by atoms with Gasteiger partial charge in [0.05, 0.1) is 11.0 Å². The van der Waals surface area contributed by atoms with E-state index in [0.29, 0.717) is 0 Å². The van der Waals surface area contributed by atoms with E-state index in [1.165, 1.54) is 0 Å². The summed E-state index contributed by atoms with van der Waals surface area (Å²) in [6, 6.07) is 1.95. The van der Waals surface area contributed by atoms with Gasteiger partial charge in [0.25, 0.3) is 0 Å². The van der Waals surface area contributed by atoms with Crippen LogP contribution >= 0.6 is 0 Å². The van der Waals surface area contributed by atoms with Crippen LogP contribution in [0.25, 0.3) is 0 Å². The van der Waals surface area contributed by atoms with Gasteiger partial charge in [-0.1, -0.05) is 0 Å². The number of Topliss-reactive ketones (excluding diaryl/α,β-unsaturated/α-hetero) is 1. The first-order chi connectivity index (χ1) is 7.09. The van der Waals surface area contributed by atoms with E-state index in [-0.39, 0.29) is 30.0 Å². The lowest BCUT2D eigenvalue weighted by atomic mass is 9.66. The second-order valence-electron chi connectivity index (χ2n) is 3.47. The van der Waals surface area contributed by atoms with E-state index >= 15 is 0 Å². The lowest BCUT2D eigenvalue weighted by molar-refractivity contribution is -0.386. The molecule has 0 radical (unpaired) electrons. The molecule has 0 aliphatic heterocycles. The Morgan fingerprint density at radius 1 is 1.67 bits per heavy atom. The van der Waals surface area contributed by atoms with Crippen LogP contribution in [-0.4, -0.2) is 20.9 Å². The predicted octanol–water partition coefficient (Wildman–Crippen LogP) is 0.442. The fraction of sp³-hybridized carbons (Fsp3) is 0.375. The summed E-state index contributed by atoms with van der Waals surface area (Å²) in [6.07, 6.45) is 1.09. The average Bonchev–Trinajstić information content (AvgIpc) is 2.61. The molecule has 1 heterocycles. The maximum atomic E-state index is 10.9. The molecule has 7 heteroatoms. The van der Waals surface area contributed by atoms with E-state index < -0.39 is 10.3 Å². The van der Waals surface area contributed by atoms with Gasteiger partial charge in [-0.25, -0.2) is 0 Å². The zero-order valence-corrected chi connectivity index (χ0v) is 7.56. The Bertz CT molecular complexity index is 476. The van der Waals surface area contributed by atoms with E-state index in [0.717, 1.165) is 6.20 Å². The second kappa shape index (κ2) is 2.88. The van der Waals surface area contributed by atoms with Gasteiger partial charge in [-0.3, -0.25) is 20.0 Å². The van der Waals surface area contributed by atoms with Gasteiger partial charge >= 0.3 is 5.69 Å². The molecule has 7 nitrogen and oxygen atoms in total. The maximum absolute atomic E-state index is 10.9. The van der Waals surface area contributed by atoms with Gasteiger partial charge in [0, 0.05) is 12.8 Å². The fourth-order valence-corrected chi connectivity index (χ4v) is 1.70. The Labute approximate surface area is 83.9 Å². The van der Waals surface area contributed by atoms with E-state index in [9.17, 15) is 14.9 Å². The molecule has 0 unspecified atom stereocenters. The summed E-state index contributed by atoms with van der Waals surface area (Å²) >= 11 is 0. The van der Waals surface area contributed by atoms with E-state index in [1.54, 1.807) is 0 Å². The first-order valence-electron chi connectivity index (χ1n) is 4.20. The molecule has 2 rings (SSSR count). The van der Waals surface area contributed by atoms with Crippen molar-refractivity contribution in [1.29, 1.82) is 5.26 Å². The summed E-state index contributed by atoms with van der Waals surface area (Å²) in [5.41, 5.74) is -1.17. The van der Waals surface area contributed by atoms with Crippen molar-refractivity contribution >= 4 is 11.5 Å². The number of nitrogens with one attached hydrogen (secondary N) is 1. The number of aromatic nitrogens is 2. The summed E-state index contributed by atoms with van der Waals surface area (Å²) in [4.78, 5) is 20.9. The Morgan fingerprint density at radius 2 is 2.33 bits per heavy atom. The van der Waals surface area contributed by atoms with Gasteiger partial charge in [0.15, 0.2) is 0 Å². The summed E-state index contributed by atoms with van der Waals surface area (Å²) < 4.78 is 0. The van der Waals surface area contributed by atoms with Crippen LogP contribution < -0.4 is 0 Å². The molecule has 1 saturated carbocycles. The molecule has 0 bridgehead atoms. The highest BCUT2D eigenvalue weighted by Gasteiger charge is 2.50. The molecule has 0 amide bonds. The van der Waals surface area contributed by atoms with Crippen LogP contribution in [0.4, 0.5) is 5.69 Å². The molecule has 15 heavy (non-hydrogen) atoms. The first kappa shape index (κ1) is 9.33. The molecule has 0 saturated heterocycles. The molecule has 76 valence electrons. The molecular weight excluding hydrogens is 200 g/mol. The van der Waals surface area contributed by atoms with Crippen molar-refractivity contribution in [2.75, 3.05) is 0 Å². The maximum Gasteiger partial charge on any atom is 0.311 e. The Hall–Kier alpha value is -2.23. The summed E-state index contributed by atoms with van der Waals surface area (Å²) in [5.74, 6) is -0.0690. The third kappa shape index (κ3) is 1.19. The largest absolute Gasteiger partial charge is 0.311 e. The van der Waals surface area contributed by atoms with Crippen LogP contribution in [-0.2, 0) is 10.2 Å². The van der Waals surface area contributed by atoms with Gasteiger partial charge < -0.3 is 0 Å². The smallest absolute Gasteiger partial charge is 0.300 e.